The van der Waals surface area contributed by atoms with Gasteiger partial charge in [0.2, 0.25) is 5.91 Å². The third kappa shape index (κ3) is 4.76. The zero-order valence-electron chi connectivity index (χ0n) is 11.7. The minimum Gasteiger partial charge on any atom is -0.325 e. The Morgan fingerprint density at radius 1 is 1.43 bits per heavy atom. The highest BCUT2D eigenvalue weighted by Gasteiger charge is 2.34. The van der Waals surface area contributed by atoms with Crippen LogP contribution in [-0.4, -0.2) is 19.0 Å². The first kappa shape index (κ1) is 17.0. The van der Waals surface area contributed by atoms with E-state index in [0.29, 0.717) is 13.1 Å². The number of halogens is 3. The van der Waals surface area contributed by atoms with Gasteiger partial charge in [0.15, 0.2) is 0 Å². The molecule has 1 aromatic carbocycles. The zero-order chi connectivity index (χ0) is 16.0. The molecule has 0 saturated carbocycles. The van der Waals surface area contributed by atoms with Crippen molar-refractivity contribution in [3.63, 3.8) is 0 Å². The number of carbonyl (C=O) groups excluding carboxylic acids is 1. The molecule has 0 aromatic heterocycles. The van der Waals surface area contributed by atoms with Gasteiger partial charge in [0, 0.05) is 12.5 Å². The summed E-state index contributed by atoms with van der Waals surface area (Å²) in [5.74, 6) is -0.979. The summed E-state index contributed by atoms with van der Waals surface area (Å²) < 4.78 is 38.8. The van der Waals surface area contributed by atoms with Gasteiger partial charge in [-0.25, -0.2) is 0 Å². The second kappa shape index (κ2) is 7.09. The van der Waals surface area contributed by atoms with Crippen LogP contribution >= 0.6 is 0 Å². The van der Waals surface area contributed by atoms with E-state index in [0.717, 1.165) is 12.1 Å². The van der Waals surface area contributed by atoms with Crippen LogP contribution < -0.4 is 10.6 Å². The number of benzene rings is 1. The molecule has 7 heteroatoms. The molecule has 114 valence electrons. The number of nitriles is 1. The minimum atomic E-state index is -4.64. The Labute approximate surface area is 121 Å². The molecule has 0 bridgehead atoms. The van der Waals surface area contributed by atoms with E-state index >= 15 is 0 Å². The molecule has 0 aliphatic carbocycles. The van der Waals surface area contributed by atoms with Gasteiger partial charge >= 0.3 is 6.18 Å². The molecule has 1 amide bonds. The third-order valence-corrected chi connectivity index (χ3v) is 2.86. The molecule has 4 nitrogen and oxygen atoms in total. The van der Waals surface area contributed by atoms with Crippen molar-refractivity contribution in [1.29, 1.82) is 5.26 Å². The van der Waals surface area contributed by atoms with Crippen LogP contribution in [-0.2, 0) is 11.0 Å². The molecule has 1 rings (SSSR count). The predicted molar refractivity (Wildman–Crippen MR) is 72.5 cm³/mol. The van der Waals surface area contributed by atoms with Crippen molar-refractivity contribution in [2.24, 2.45) is 5.92 Å². The summed E-state index contributed by atoms with van der Waals surface area (Å²) in [6.45, 7) is 4.53. The summed E-state index contributed by atoms with van der Waals surface area (Å²) in [4.78, 5) is 11.9. The number of carbonyl (C=O) groups is 1. The lowest BCUT2D eigenvalue weighted by Gasteiger charge is -2.16. The molecule has 1 unspecified atom stereocenters. The molecule has 21 heavy (non-hydrogen) atoms. The zero-order valence-corrected chi connectivity index (χ0v) is 11.7. The van der Waals surface area contributed by atoms with Gasteiger partial charge in [-0.05, 0) is 24.7 Å². The maximum Gasteiger partial charge on any atom is 0.418 e. The van der Waals surface area contributed by atoms with Crippen LogP contribution in [0.2, 0.25) is 0 Å². The van der Waals surface area contributed by atoms with Gasteiger partial charge in [0.1, 0.15) is 0 Å². The lowest BCUT2D eigenvalue weighted by molar-refractivity contribution is -0.137. The topological polar surface area (TPSA) is 64.9 Å². The number of hydrogen-bond donors (Lipinski definition) is 2. The number of anilines is 1. The van der Waals surface area contributed by atoms with E-state index in [-0.39, 0.29) is 11.3 Å². The van der Waals surface area contributed by atoms with Gasteiger partial charge in [0.25, 0.3) is 0 Å². The maximum absolute atomic E-state index is 12.9. The number of rotatable bonds is 5. The van der Waals surface area contributed by atoms with Gasteiger partial charge in [0.05, 0.1) is 22.9 Å². The quantitative estimate of drug-likeness (QED) is 0.878. The first-order valence-electron chi connectivity index (χ1n) is 6.42. The molecule has 1 atom stereocenters. The molecule has 0 radical (unpaired) electrons. The van der Waals surface area contributed by atoms with Gasteiger partial charge in [-0.3, -0.25) is 4.79 Å². The van der Waals surface area contributed by atoms with Crippen molar-refractivity contribution in [1.82, 2.24) is 5.32 Å². The van der Waals surface area contributed by atoms with Crippen molar-refractivity contribution in [2.45, 2.75) is 20.0 Å². The summed E-state index contributed by atoms with van der Waals surface area (Å²) in [6, 6.07) is 4.71. The van der Waals surface area contributed by atoms with Crippen molar-refractivity contribution >= 4 is 11.6 Å². The second-order valence-corrected chi connectivity index (χ2v) is 4.57. The van der Waals surface area contributed by atoms with Crippen molar-refractivity contribution < 1.29 is 18.0 Å². The predicted octanol–water partition coefficient (Wildman–Crippen LogP) is 2.76. The molecule has 0 spiro atoms. The number of alkyl halides is 3. The Morgan fingerprint density at radius 2 is 2.10 bits per heavy atom. The van der Waals surface area contributed by atoms with E-state index in [1.165, 1.54) is 6.07 Å². The Bertz CT molecular complexity index is 549. The van der Waals surface area contributed by atoms with Gasteiger partial charge in [-0.1, -0.05) is 13.8 Å². The average Bonchev–Trinajstić information content (AvgIpc) is 2.43. The highest BCUT2D eigenvalue weighted by Crippen LogP contribution is 2.35. The normalized spacial score (nSPS) is 12.6. The fraction of sp³-hybridized carbons (Fsp3) is 0.429. The molecule has 0 aliphatic heterocycles. The smallest absolute Gasteiger partial charge is 0.325 e. The fourth-order valence-corrected chi connectivity index (χ4v) is 1.67. The fourth-order valence-electron chi connectivity index (χ4n) is 1.67. The first-order valence-corrected chi connectivity index (χ1v) is 6.42. The molecule has 0 saturated heterocycles. The molecular formula is C14H16F3N3O. The number of nitrogens with zero attached hydrogens (tertiary/aromatic N) is 1. The molecular weight excluding hydrogens is 283 g/mol. The van der Waals surface area contributed by atoms with Crippen LogP contribution in [0.4, 0.5) is 18.9 Å². The van der Waals surface area contributed by atoms with Crippen molar-refractivity contribution in [3.8, 4) is 6.07 Å². The number of hydrogen-bond acceptors (Lipinski definition) is 3. The van der Waals surface area contributed by atoms with Gasteiger partial charge in [-0.2, -0.15) is 18.4 Å². The monoisotopic (exact) mass is 299 g/mol. The van der Waals surface area contributed by atoms with Crippen LogP contribution in [0, 0.1) is 17.2 Å². The SMILES string of the molecule is CCNCC(C)C(=O)Nc1ccc(C#N)cc1C(F)(F)F. The van der Waals surface area contributed by atoms with Crippen molar-refractivity contribution in [3.05, 3.63) is 29.3 Å². The van der Waals surface area contributed by atoms with E-state index in [9.17, 15) is 18.0 Å². The molecule has 0 fully saturated rings. The van der Waals surface area contributed by atoms with Crippen molar-refractivity contribution in [2.75, 3.05) is 18.4 Å². The maximum atomic E-state index is 12.9. The largest absolute Gasteiger partial charge is 0.418 e. The molecule has 0 aliphatic rings. The van der Waals surface area contributed by atoms with E-state index < -0.39 is 23.6 Å². The van der Waals surface area contributed by atoms with Gasteiger partial charge in [-0.15, -0.1) is 0 Å². The van der Waals surface area contributed by atoms with Crippen LogP contribution in [0.5, 0.6) is 0 Å². The number of nitrogens with one attached hydrogen (secondary N) is 2. The molecule has 1 aromatic rings. The summed E-state index contributed by atoms with van der Waals surface area (Å²) in [5, 5.41) is 13.9. The highest BCUT2D eigenvalue weighted by molar-refractivity contribution is 5.93. The lowest BCUT2D eigenvalue weighted by atomic mass is 10.1. The van der Waals surface area contributed by atoms with E-state index in [1.807, 2.05) is 6.92 Å². The van der Waals surface area contributed by atoms with Crippen LogP contribution in [0.15, 0.2) is 18.2 Å². The summed E-state index contributed by atoms with van der Waals surface area (Å²) in [6.07, 6.45) is -4.64. The third-order valence-electron chi connectivity index (χ3n) is 2.86. The summed E-state index contributed by atoms with van der Waals surface area (Å²) in [5.41, 5.74) is -1.47. The number of amides is 1. The second-order valence-electron chi connectivity index (χ2n) is 4.57. The minimum absolute atomic E-state index is 0.110. The van der Waals surface area contributed by atoms with E-state index in [4.69, 9.17) is 5.26 Å². The lowest BCUT2D eigenvalue weighted by Crippen LogP contribution is -2.31. The Balaban J connectivity index is 2.98. The Kier molecular flexibility index (Phi) is 5.73. The Morgan fingerprint density at radius 3 is 2.62 bits per heavy atom. The summed E-state index contributed by atoms with van der Waals surface area (Å²) in [7, 11) is 0. The molecule has 0 heterocycles. The first-order chi connectivity index (χ1) is 9.79. The van der Waals surface area contributed by atoms with Gasteiger partial charge < -0.3 is 10.6 Å². The van der Waals surface area contributed by atoms with E-state index in [1.54, 1.807) is 13.0 Å². The summed E-state index contributed by atoms with van der Waals surface area (Å²) >= 11 is 0. The standard InChI is InChI=1S/C14H16F3N3O/c1-3-19-8-9(2)13(21)20-12-5-4-10(7-18)6-11(12)14(15,16)17/h4-6,9,19H,3,8H2,1-2H3,(H,20,21). The van der Waals surface area contributed by atoms with Crippen LogP contribution in [0.1, 0.15) is 25.0 Å². The average molecular weight is 299 g/mol. The van der Waals surface area contributed by atoms with E-state index in [2.05, 4.69) is 10.6 Å². The Hall–Kier alpha value is -2.07. The van der Waals surface area contributed by atoms with Crippen LogP contribution in [0.3, 0.4) is 0 Å². The highest BCUT2D eigenvalue weighted by atomic mass is 19.4. The molecule has 2 N–H and O–H groups in total. The van der Waals surface area contributed by atoms with Crippen LogP contribution in [0.25, 0.3) is 0 Å².